The first-order valence-electron chi connectivity index (χ1n) is 8.63. The molecule has 0 radical (unpaired) electrons. The van der Waals surface area contributed by atoms with Crippen LogP contribution in [0.1, 0.15) is 19.4 Å². The van der Waals surface area contributed by atoms with E-state index in [2.05, 4.69) is 5.32 Å². The van der Waals surface area contributed by atoms with Gasteiger partial charge in [0.25, 0.3) is 5.56 Å². The molecule has 0 aromatic carbocycles. The topological polar surface area (TPSA) is 74.7 Å². The van der Waals surface area contributed by atoms with E-state index in [-0.39, 0.29) is 18.5 Å². The van der Waals surface area contributed by atoms with Crippen LogP contribution in [0.25, 0.3) is 0 Å². The number of alkyl halides is 3. The Morgan fingerprint density at radius 3 is 2.30 bits per heavy atom. The van der Waals surface area contributed by atoms with Crippen molar-refractivity contribution in [3.8, 4) is 0 Å². The number of nitrogens with zero attached hydrogens (tertiary/aromatic N) is 3. The molecule has 1 aromatic rings. The van der Waals surface area contributed by atoms with Crippen molar-refractivity contribution in [1.29, 1.82) is 0 Å². The summed E-state index contributed by atoms with van der Waals surface area (Å²) in [5, 5.41) is 2.79. The van der Waals surface area contributed by atoms with Gasteiger partial charge in [-0.05, 0) is 19.9 Å². The molecule has 2 amide bonds. The number of pyridine rings is 1. The molecule has 1 saturated heterocycles. The Hall–Kier alpha value is -2.36. The molecule has 1 aliphatic heterocycles. The number of hydrogen-bond donors (Lipinski definition) is 1. The zero-order valence-electron chi connectivity index (χ0n) is 15.3. The van der Waals surface area contributed by atoms with Gasteiger partial charge in [0, 0.05) is 44.5 Å². The quantitative estimate of drug-likeness (QED) is 0.799. The third kappa shape index (κ3) is 6.09. The third-order valence-corrected chi connectivity index (χ3v) is 4.16. The van der Waals surface area contributed by atoms with E-state index in [0.717, 1.165) is 10.6 Å². The summed E-state index contributed by atoms with van der Waals surface area (Å²) in [5.74, 6) is -0.525. The Bertz CT molecular complexity index is 738. The summed E-state index contributed by atoms with van der Waals surface area (Å²) in [7, 11) is 0. The zero-order valence-corrected chi connectivity index (χ0v) is 15.3. The number of halogens is 3. The van der Waals surface area contributed by atoms with Crippen LogP contribution in [0.2, 0.25) is 0 Å². The third-order valence-electron chi connectivity index (χ3n) is 4.16. The van der Waals surface area contributed by atoms with Gasteiger partial charge in [-0.2, -0.15) is 13.2 Å². The van der Waals surface area contributed by atoms with Crippen molar-refractivity contribution in [1.82, 2.24) is 19.7 Å². The molecule has 1 aliphatic rings. The minimum atomic E-state index is -4.58. The lowest BCUT2D eigenvalue weighted by Gasteiger charge is -2.34. The second kappa shape index (κ2) is 8.55. The lowest BCUT2D eigenvalue weighted by Crippen LogP contribution is -2.52. The average Bonchev–Trinajstić information content (AvgIpc) is 2.55. The van der Waals surface area contributed by atoms with Crippen molar-refractivity contribution < 1.29 is 22.8 Å². The summed E-state index contributed by atoms with van der Waals surface area (Å²) >= 11 is 0. The number of nitrogens with one attached hydrogen (secondary N) is 1. The van der Waals surface area contributed by atoms with Crippen molar-refractivity contribution in [2.75, 3.05) is 32.7 Å². The maximum absolute atomic E-state index is 12.8. The highest BCUT2D eigenvalue weighted by Crippen LogP contribution is 2.28. The minimum absolute atomic E-state index is 0.0474. The van der Waals surface area contributed by atoms with Gasteiger partial charge >= 0.3 is 6.18 Å². The van der Waals surface area contributed by atoms with Crippen LogP contribution >= 0.6 is 0 Å². The van der Waals surface area contributed by atoms with Gasteiger partial charge in [0.05, 0.1) is 12.1 Å². The summed E-state index contributed by atoms with van der Waals surface area (Å²) < 4.78 is 39.1. The van der Waals surface area contributed by atoms with Crippen molar-refractivity contribution in [3.63, 3.8) is 0 Å². The molecule has 0 spiro atoms. The van der Waals surface area contributed by atoms with Crippen LogP contribution in [0.4, 0.5) is 13.2 Å². The Morgan fingerprint density at radius 1 is 1.11 bits per heavy atom. The predicted octanol–water partition coefficient (Wildman–Crippen LogP) is 0.536. The highest BCUT2D eigenvalue weighted by molar-refractivity contribution is 5.78. The van der Waals surface area contributed by atoms with Crippen LogP contribution in [0.15, 0.2) is 23.1 Å². The molecule has 0 aliphatic carbocycles. The molecule has 1 aromatic heterocycles. The van der Waals surface area contributed by atoms with Crippen molar-refractivity contribution in [2.45, 2.75) is 32.6 Å². The summed E-state index contributed by atoms with van der Waals surface area (Å²) in [5.41, 5.74) is -1.64. The predicted molar refractivity (Wildman–Crippen MR) is 92.0 cm³/mol. The Balaban J connectivity index is 1.91. The SMILES string of the molecule is CC(C)NC(=O)CN1CCN(C(=O)Cn2cc(C(F)(F)F)ccc2=O)CC1. The van der Waals surface area contributed by atoms with E-state index in [1.54, 1.807) is 0 Å². The van der Waals surface area contributed by atoms with E-state index in [1.165, 1.54) is 4.90 Å². The van der Waals surface area contributed by atoms with Gasteiger partial charge in [-0.1, -0.05) is 0 Å². The van der Waals surface area contributed by atoms with E-state index in [1.807, 2.05) is 18.7 Å². The van der Waals surface area contributed by atoms with Crippen LogP contribution in [-0.2, 0) is 22.3 Å². The standard InChI is InChI=1S/C17H23F3N4O3/c1-12(2)21-14(25)10-22-5-7-23(8-6-22)16(27)11-24-9-13(17(18,19)20)3-4-15(24)26/h3-4,9,12H,5-8,10-11H2,1-2H3,(H,21,25). The number of amides is 2. The molecule has 0 atom stereocenters. The lowest BCUT2D eigenvalue weighted by atomic mass is 10.2. The molecule has 1 fully saturated rings. The first-order valence-corrected chi connectivity index (χ1v) is 8.63. The second-order valence-corrected chi connectivity index (χ2v) is 6.76. The number of piperazine rings is 1. The number of carbonyl (C=O) groups excluding carboxylic acids is 2. The van der Waals surface area contributed by atoms with Gasteiger partial charge < -0.3 is 14.8 Å². The Labute approximate surface area is 154 Å². The summed E-state index contributed by atoms with van der Waals surface area (Å²) in [6.45, 7) is 5.17. The Kier molecular flexibility index (Phi) is 6.63. The molecular formula is C17H23F3N4O3. The van der Waals surface area contributed by atoms with E-state index < -0.39 is 29.8 Å². The molecule has 150 valence electrons. The number of carbonyl (C=O) groups is 2. The van der Waals surface area contributed by atoms with E-state index >= 15 is 0 Å². The van der Waals surface area contributed by atoms with Crippen LogP contribution in [0.3, 0.4) is 0 Å². The summed E-state index contributed by atoms with van der Waals surface area (Å²) in [6.07, 6.45) is -3.92. The largest absolute Gasteiger partial charge is 0.417 e. The zero-order chi connectivity index (χ0) is 20.2. The molecule has 1 N–H and O–H groups in total. The molecule has 27 heavy (non-hydrogen) atoms. The molecular weight excluding hydrogens is 365 g/mol. The smallest absolute Gasteiger partial charge is 0.353 e. The van der Waals surface area contributed by atoms with Crippen LogP contribution < -0.4 is 10.9 Å². The fourth-order valence-electron chi connectivity index (χ4n) is 2.79. The van der Waals surface area contributed by atoms with Gasteiger partial charge in [-0.25, -0.2) is 0 Å². The monoisotopic (exact) mass is 388 g/mol. The average molecular weight is 388 g/mol. The highest BCUT2D eigenvalue weighted by atomic mass is 19.4. The molecule has 7 nitrogen and oxygen atoms in total. The van der Waals surface area contributed by atoms with Gasteiger partial charge in [-0.15, -0.1) is 0 Å². The van der Waals surface area contributed by atoms with E-state index in [4.69, 9.17) is 0 Å². The van der Waals surface area contributed by atoms with Crippen LogP contribution in [-0.4, -0.2) is 64.9 Å². The number of rotatable bonds is 5. The van der Waals surface area contributed by atoms with Gasteiger partial charge in [-0.3, -0.25) is 19.3 Å². The molecule has 0 saturated carbocycles. The second-order valence-electron chi connectivity index (χ2n) is 6.76. The highest BCUT2D eigenvalue weighted by Gasteiger charge is 2.31. The molecule has 0 unspecified atom stereocenters. The molecule has 0 bridgehead atoms. The maximum atomic E-state index is 12.8. The number of hydrogen-bond acceptors (Lipinski definition) is 4. The Morgan fingerprint density at radius 2 is 1.74 bits per heavy atom. The fraction of sp³-hybridized carbons (Fsp3) is 0.588. The first-order chi connectivity index (χ1) is 12.6. The first kappa shape index (κ1) is 20.9. The van der Waals surface area contributed by atoms with Gasteiger partial charge in [0.2, 0.25) is 11.8 Å². The van der Waals surface area contributed by atoms with Crippen molar-refractivity contribution >= 4 is 11.8 Å². The van der Waals surface area contributed by atoms with Crippen molar-refractivity contribution in [3.05, 3.63) is 34.2 Å². The van der Waals surface area contributed by atoms with Gasteiger partial charge in [0.15, 0.2) is 0 Å². The van der Waals surface area contributed by atoms with Gasteiger partial charge in [0.1, 0.15) is 6.54 Å². The maximum Gasteiger partial charge on any atom is 0.417 e. The summed E-state index contributed by atoms with van der Waals surface area (Å²) in [4.78, 5) is 39.2. The van der Waals surface area contributed by atoms with E-state index in [9.17, 15) is 27.6 Å². The lowest BCUT2D eigenvalue weighted by molar-refractivity contribution is -0.139. The van der Waals surface area contributed by atoms with Crippen LogP contribution in [0, 0.1) is 0 Å². The number of aromatic nitrogens is 1. The van der Waals surface area contributed by atoms with Crippen LogP contribution in [0.5, 0.6) is 0 Å². The molecule has 2 heterocycles. The van der Waals surface area contributed by atoms with E-state index in [0.29, 0.717) is 38.4 Å². The fourth-order valence-corrected chi connectivity index (χ4v) is 2.79. The normalized spacial score (nSPS) is 15.9. The van der Waals surface area contributed by atoms with Crippen molar-refractivity contribution in [2.24, 2.45) is 0 Å². The minimum Gasteiger partial charge on any atom is -0.353 e. The summed E-state index contributed by atoms with van der Waals surface area (Å²) in [6, 6.07) is 1.55. The molecule has 10 heteroatoms. The molecule has 2 rings (SSSR count).